The van der Waals surface area contributed by atoms with Crippen molar-refractivity contribution < 1.29 is 13.7 Å². The fraction of sp³-hybridized carbons (Fsp3) is 0.636. The smallest absolute Gasteiger partial charge is 0.174 e. The minimum Gasteiger partial charge on any atom is -0.423 e. The monoisotopic (exact) mass is 452 g/mol. The van der Waals surface area contributed by atoms with Crippen molar-refractivity contribution in [1.29, 1.82) is 2.61 Å². The molecular formula is C22H28BClO3PS. The van der Waals surface area contributed by atoms with Crippen molar-refractivity contribution in [3.8, 4) is 5.75 Å². The summed E-state index contributed by atoms with van der Waals surface area (Å²) in [4.78, 5) is 0. The molecule has 3 fully saturated rings. The van der Waals surface area contributed by atoms with Gasteiger partial charge in [0.15, 0.2) is 5.79 Å². The Hall–Kier alpha value is -0.185. The fourth-order valence-corrected chi connectivity index (χ4v) is 7.61. The predicted molar refractivity (Wildman–Crippen MR) is 124 cm³/mol. The number of benzene rings is 1. The molecule has 1 spiro atoms. The molecule has 5 rings (SSSR count). The Morgan fingerprint density at radius 2 is 2.34 bits per heavy atom. The van der Waals surface area contributed by atoms with E-state index in [1.807, 2.05) is 6.07 Å². The molecule has 155 valence electrons. The van der Waals surface area contributed by atoms with Gasteiger partial charge in [0.1, 0.15) is 13.3 Å². The zero-order chi connectivity index (χ0) is 21.6. The number of ether oxygens (including phenoxy) is 2. The van der Waals surface area contributed by atoms with Crippen LogP contribution in [0.25, 0.3) is 0 Å². The number of halogens is 1. The second-order valence-electron chi connectivity index (χ2n) is 8.93. The summed E-state index contributed by atoms with van der Waals surface area (Å²) in [5.74, 6) is 2.44. The molecule has 1 aromatic rings. The van der Waals surface area contributed by atoms with Crippen LogP contribution in [-0.2, 0) is 15.9 Å². The summed E-state index contributed by atoms with van der Waals surface area (Å²) in [6.07, 6.45) is 7.54. The largest absolute Gasteiger partial charge is 0.423 e. The van der Waals surface area contributed by atoms with E-state index < -0.39 is 13.4 Å². The summed E-state index contributed by atoms with van der Waals surface area (Å²) in [5.41, 5.74) is 4.18. The molecule has 0 amide bonds. The van der Waals surface area contributed by atoms with Gasteiger partial charge in [-0.25, -0.2) is 0 Å². The number of allylic oxidation sites excluding steroid dienone is 2. The highest BCUT2D eigenvalue weighted by Gasteiger charge is 2.65. The van der Waals surface area contributed by atoms with Crippen LogP contribution in [0.1, 0.15) is 49.7 Å². The SMILES string of the molecule is [2H]P([B][3H])SOc1ccc2c(c1)CCC1C2C(=CCCl)CC2(C)C1CCC21OCCO1. The third kappa shape index (κ3) is 3.22. The number of fused-ring (bicyclic) bond motifs is 6. The summed E-state index contributed by atoms with van der Waals surface area (Å²) >= 11 is 7.31. The Morgan fingerprint density at radius 1 is 1.48 bits per heavy atom. The Labute approximate surface area is 188 Å². The lowest BCUT2D eigenvalue weighted by molar-refractivity contribution is -0.232. The first kappa shape index (κ1) is 18.4. The zero-order valence-electron chi connectivity index (χ0n) is 18.7. The lowest BCUT2D eigenvalue weighted by atomic mass is 9.53. The maximum atomic E-state index is 7.73. The van der Waals surface area contributed by atoms with E-state index in [2.05, 4.69) is 25.1 Å². The van der Waals surface area contributed by atoms with Crippen molar-refractivity contribution in [2.24, 2.45) is 17.3 Å². The topological polar surface area (TPSA) is 27.7 Å². The molecule has 1 radical (unpaired) electrons. The second kappa shape index (κ2) is 8.06. The molecule has 1 heterocycles. The predicted octanol–water partition coefficient (Wildman–Crippen LogP) is 5.50. The Morgan fingerprint density at radius 3 is 3.14 bits per heavy atom. The number of aryl methyl sites for hydroxylation is 1. The van der Waals surface area contributed by atoms with Crippen molar-refractivity contribution >= 4 is 38.4 Å². The van der Waals surface area contributed by atoms with Crippen LogP contribution in [0.5, 0.6) is 5.75 Å². The van der Waals surface area contributed by atoms with Gasteiger partial charge in [-0.1, -0.05) is 32.2 Å². The van der Waals surface area contributed by atoms with Crippen LogP contribution in [0, 0.1) is 17.3 Å². The Balaban J connectivity index is 1.47. The van der Waals surface area contributed by atoms with Gasteiger partial charge in [-0.15, -0.1) is 11.6 Å². The first-order valence-electron chi connectivity index (χ1n) is 11.5. The lowest BCUT2D eigenvalue weighted by Gasteiger charge is -2.54. The number of hydrogen-bond donors (Lipinski definition) is 0. The summed E-state index contributed by atoms with van der Waals surface area (Å²) in [6.45, 7) is 3.79. The number of alkyl halides is 1. The fourth-order valence-electron chi connectivity index (χ4n) is 6.79. The molecule has 1 saturated heterocycles. The number of rotatable bonds is 5. The minimum atomic E-state index is -1.32. The average molecular weight is 453 g/mol. The molecule has 5 unspecified atom stereocenters. The van der Waals surface area contributed by atoms with Crippen LogP contribution in [0.4, 0.5) is 0 Å². The van der Waals surface area contributed by atoms with Crippen molar-refractivity contribution in [3.63, 3.8) is 0 Å². The molecule has 1 aliphatic heterocycles. The highest BCUT2D eigenvalue weighted by molar-refractivity contribution is 8.53. The summed E-state index contributed by atoms with van der Waals surface area (Å²) in [7, 11) is -0.183. The van der Waals surface area contributed by atoms with Crippen molar-refractivity contribution in [2.75, 3.05) is 19.1 Å². The quantitative estimate of drug-likeness (QED) is 0.194. The highest BCUT2D eigenvalue weighted by Crippen LogP contribution is 2.67. The van der Waals surface area contributed by atoms with E-state index in [4.69, 9.17) is 27.9 Å². The molecule has 0 bridgehead atoms. The van der Waals surface area contributed by atoms with E-state index in [1.165, 1.54) is 16.7 Å². The van der Waals surface area contributed by atoms with Crippen LogP contribution in [0.3, 0.4) is 0 Å². The van der Waals surface area contributed by atoms with Crippen LogP contribution in [-0.4, -0.2) is 35.0 Å². The van der Waals surface area contributed by atoms with Gasteiger partial charge in [0.25, 0.3) is 0 Å². The molecule has 0 aromatic heterocycles. The average Bonchev–Trinajstić information content (AvgIpc) is 3.37. The molecule has 3 aliphatic carbocycles. The summed E-state index contributed by atoms with van der Waals surface area (Å²) in [6, 6.07) is 6.38. The van der Waals surface area contributed by atoms with Crippen molar-refractivity contribution in [1.82, 2.24) is 0 Å². The van der Waals surface area contributed by atoms with Gasteiger partial charge in [-0.05, 0) is 62.1 Å². The van der Waals surface area contributed by atoms with E-state index in [1.54, 1.807) is 0 Å². The van der Waals surface area contributed by atoms with E-state index in [0.717, 1.165) is 57.0 Å². The van der Waals surface area contributed by atoms with Gasteiger partial charge in [0.05, 0.1) is 26.2 Å². The summed E-state index contributed by atoms with van der Waals surface area (Å²) < 4.78 is 33.2. The first-order chi connectivity index (χ1) is 15.0. The molecule has 29 heavy (non-hydrogen) atoms. The summed E-state index contributed by atoms with van der Waals surface area (Å²) in [5, 5.41) is 0. The van der Waals surface area contributed by atoms with Crippen molar-refractivity contribution in [3.05, 3.63) is 41.0 Å². The van der Waals surface area contributed by atoms with Gasteiger partial charge < -0.3 is 13.7 Å². The maximum absolute atomic E-state index is 7.73. The van der Waals surface area contributed by atoms with Gasteiger partial charge in [0, 0.05) is 23.6 Å². The highest BCUT2D eigenvalue weighted by atomic mass is 35.5. The van der Waals surface area contributed by atoms with E-state index in [9.17, 15) is 0 Å². The van der Waals surface area contributed by atoms with E-state index in [0.29, 0.717) is 36.8 Å². The molecule has 0 N–H and O–H groups in total. The third-order valence-electron chi connectivity index (χ3n) is 7.85. The van der Waals surface area contributed by atoms with Crippen LogP contribution in [0.2, 0.25) is 0 Å². The zero-order valence-corrected chi connectivity index (χ0v) is 19.2. The molecule has 7 heteroatoms. The molecule has 4 aliphatic rings. The molecule has 5 atom stereocenters. The van der Waals surface area contributed by atoms with E-state index >= 15 is 0 Å². The normalized spacial score (nSPS) is 38.0. The molecule has 3 nitrogen and oxygen atoms in total. The van der Waals surface area contributed by atoms with Gasteiger partial charge in [0.2, 0.25) is 0 Å². The van der Waals surface area contributed by atoms with Gasteiger partial charge >= 0.3 is 0 Å². The lowest BCUT2D eigenvalue weighted by Crippen LogP contribution is -2.52. The standard InChI is InChI=1S/C22H28BClO3PS/c1-21-13-15(7-9-24)20-17-5-3-16(27-29-28-23)12-14(17)2-4-18(20)19(21)6-8-22(21)25-10-11-26-22/h3,5,7,12,18-20,23,28H,2,4,6,8-11,13H2,1H3/i23T,28D. The molecule has 2 saturated carbocycles. The number of hydrogen-bond acceptors (Lipinski definition) is 4. The van der Waals surface area contributed by atoms with Gasteiger partial charge in [-0.2, -0.15) is 0 Å². The second-order valence-corrected chi connectivity index (χ2v) is 10.8. The Kier molecular flexibility index (Phi) is 5.11. The van der Waals surface area contributed by atoms with Crippen LogP contribution >= 0.6 is 30.9 Å². The minimum absolute atomic E-state index is 0.00217. The molecule has 1 aromatic carbocycles. The molecular weight excluding hydrogens is 422 g/mol. The van der Waals surface area contributed by atoms with Crippen LogP contribution < -0.4 is 4.18 Å². The third-order valence-corrected chi connectivity index (χ3v) is 8.84. The van der Waals surface area contributed by atoms with E-state index in [-0.39, 0.29) is 5.41 Å². The first-order valence-corrected chi connectivity index (χ1v) is 13.4. The maximum Gasteiger partial charge on any atom is 0.174 e. The Bertz CT molecular complexity index is 871. The van der Waals surface area contributed by atoms with Gasteiger partial charge in [-0.3, -0.25) is 0 Å². The van der Waals surface area contributed by atoms with Crippen molar-refractivity contribution in [2.45, 2.75) is 50.7 Å². The van der Waals surface area contributed by atoms with Crippen LogP contribution in [0.15, 0.2) is 29.8 Å².